The first kappa shape index (κ1) is 21.9. The number of nitro groups is 1. The van der Waals surface area contributed by atoms with E-state index >= 15 is 0 Å². The first-order valence-corrected chi connectivity index (χ1v) is 11.4. The molecule has 172 valence electrons. The van der Waals surface area contributed by atoms with Crippen LogP contribution < -0.4 is 4.90 Å². The zero-order valence-corrected chi connectivity index (χ0v) is 18.7. The summed E-state index contributed by atoms with van der Waals surface area (Å²) in [5.74, 6) is 0.432. The number of para-hydroxylation sites is 2. The lowest BCUT2D eigenvalue weighted by Crippen LogP contribution is -2.48. The van der Waals surface area contributed by atoms with Crippen molar-refractivity contribution in [3.63, 3.8) is 0 Å². The molecule has 0 saturated carbocycles. The van der Waals surface area contributed by atoms with Gasteiger partial charge < -0.3 is 14.2 Å². The van der Waals surface area contributed by atoms with E-state index in [4.69, 9.17) is 4.42 Å². The molecular weight excluding hydrogens is 459 g/mol. The molecule has 0 radical (unpaired) electrons. The monoisotopic (exact) mass is 478 g/mol. The number of thioether (sulfide) groups is 1. The molecule has 2 aliphatic rings. The summed E-state index contributed by atoms with van der Waals surface area (Å²) in [7, 11) is 0. The third kappa shape index (κ3) is 4.44. The standard InChI is InChI=1S/C24H19FN4O4S/c25-17-7-5-16(6-8-17)21-10-9-18(33-21)15-22-23(30)26-24(34-22)28-13-11-27(12-14-28)19-3-1-2-4-20(19)29(31)32/h1-10,15H,11-14H2/b22-15-. The molecule has 0 bridgehead atoms. The maximum absolute atomic E-state index is 13.1. The second-order valence-electron chi connectivity index (χ2n) is 7.74. The number of hydrogen-bond acceptors (Lipinski definition) is 7. The van der Waals surface area contributed by atoms with E-state index < -0.39 is 0 Å². The van der Waals surface area contributed by atoms with Gasteiger partial charge in [-0.2, -0.15) is 4.99 Å². The summed E-state index contributed by atoms with van der Waals surface area (Å²) >= 11 is 1.28. The van der Waals surface area contributed by atoms with Gasteiger partial charge in [0, 0.05) is 43.9 Å². The molecule has 0 unspecified atom stereocenters. The molecule has 2 aromatic carbocycles. The maximum atomic E-state index is 13.1. The molecule has 8 nitrogen and oxygen atoms in total. The molecule has 1 fully saturated rings. The Morgan fingerprint density at radius 1 is 1.00 bits per heavy atom. The van der Waals surface area contributed by atoms with E-state index in [9.17, 15) is 19.3 Å². The molecule has 1 saturated heterocycles. The van der Waals surface area contributed by atoms with Gasteiger partial charge in [0.15, 0.2) is 5.17 Å². The predicted molar refractivity (Wildman–Crippen MR) is 129 cm³/mol. The van der Waals surface area contributed by atoms with Crippen molar-refractivity contribution < 1.29 is 18.5 Å². The molecule has 2 aliphatic heterocycles. The Kier molecular flexibility index (Phi) is 5.89. The normalized spacial score (nSPS) is 17.4. The van der Waals surface area contributed by atoms with Crippen molar-refractivity contribution in [2.24, 2.45) is 4.99 Å². The van der Waals surface area contributed by atoms with E-state index in [2.05, 4.69) is 4.99 Å². The summed E-state index contributed by atoms with van der Waals surface area (Å²) < 4.78 is 18.9. The van der Waals surface area contributed by atoms with Crippen LogP contribution in [-0.4, -0.2) is 47.1 Å². The summed E-state index contributed by atoms with van der Waals surface area (Å²) in [6, 6.07) is 16.2. The number of halogens is 1. The van der Waals surface area contributed by atoms with Crippen LogP contribution in [0.3, 0.4) is 0 Å². The highest BCUT2D eigenvalue weighted by Crippen LogP contribution is 2.33. The Balaban J connectivity index is 1.24. The molecule has 1 amide bonds. The van der Waals surface area contributed by atoms with Crippen LogP contribution in [-0.2, 0) is 4.79 Å². The van der Waals surface area contributed by atoms with Crippen molar-refractivity contribution in [1.29, 1.82) is 0 Å². The minimum Gasteiger partial charge on any atom is -0.457 e. The van der Waals surface area contributed by atoms with Gasteiger partial charge in [0.05, 0.1) is 9.83 Å². The second-order valence-corrected chi connectivity index (χ2v) is 8.75. The molecule has 0 atom stereocenters. The Hall–Kier alpha value is -3.92. The molecule has 10 heteroatoms. The number of anilines is 1. The highest BCUT2D eigenvalue weighted by atomic mass is 32.2. The van der Waals surface area contributed by atoms with E-state index in [1.807, 2.05) is 9.80 Å². The van der Waals surface area contributed by atoms with Crippen molar-refractivity contribution in [2.75, 3.05) is 31.1 Å². The van der Waals surface area contributed by atoms with Crippen LogP contribution in [0.15, 0.2) is 75.0 Å². The number of rotatable bonds is 4. The minimum absolute atomic E-state index is 0.0855. The summed E-state index contributed by atoms with van der Waals surface area (Å²) in [6.45, 7) is 2.34. The van der Waals surface area contributed by atoms with E-state index in [1.165, 1.54) is 30.0 Å². The van der Waals surface area contributed by atoms with Crippen molar-refractivity contribution >= 4 is 40.3 Å². The van der Waals surface area contributed by atoms with Gasteiger partial charge in [0.25, 0.3) is 11.6 Å². The summed E-state index contributed by atoms with van der Waals surface area (Å²) in [5, 5.41) is 11.9. The highest BCUT2D eigenvalue weighted by Gasteiger charge is 2.30. The first-order valence-electron chi connectivity index (χ1n) is 10.6. The molecule has 3 heterocycles. The van der Waals surface area contributed by atoms with Crippen molar-refractivity contribution in [3.8, 4) is 11.3 Å². The number of piperazine rings is 1. The molecule has 0 spiro atoms. The van der Waals surface area contributed by atoms with Crippen molar-refractivity contribution in [3.05, 3.63) is 87.3 Å². The molecular formula is C24H19FN4O4S. The molecule has 5 rings (SSSR count). The van der Waals surface area contributed by atoms with Gasteiger partial charge in [-0.3, -0.25) is 14.9 Å². The van der Waals surface area contributed by atoms with Crippen molar-refractivity contribution in [2.45, 2.75) is 0 Å². The SMILES string of the molecule is O=C1N=C(N2CCN(c3ccccc3[N+](=O)[O-])CC2)S/C1=C\c1ccc(-c2ccc(F)cc2)o1. The molecule has 3 aromatic rings. The zero-order chi connectivity index (χ0) is 23.7. The number of nitro benzene ring substituents is 1. The van der Waals surface area contributed by atoms with Gasteiger partial charge in [0.2, 0.25) is 0 Å². The minimum atomic E-state index is -0.371. The number of amides is 1. The predicted octanol–water partition coefficient (Wildman–Crippen LogP) is 4.79. The number of hydrogen-bond donors (Lipinski definition) is 0. The third-order valence-corrected chi connectivity index (χ3v) is 6.65. The molecule has 0 aliphatic carbocycles. The summed E-state index contributed by atoms with van der Waals surface area (Å²) in [6.07, 6.45) is 1.65. The number of carbonyl (C=O) groups is 1. The fourth-order valence-electron chi connectivity index (χ4n) is 3.89. The van der Waals surface area contributed by atoms with Crippen LogP contribution in [0.1, 0.15) is 5.76 Å². The smallest absolute Gasteiger partial charge is 0.292 e. The van der Waals surface area contributed by atoms with Gasteiger partial charge in [0.1, 0.15) is 23.0 Å². The Morgan fingerprint density at radius 2 is 1.71 bits per heavy atom. The lowest BCUT2D eigenvalue weighted by atomic mass is 10.2. The van der Waals surface area contributed by atoms with Crippen LogP contribution in [0.4, 0.5) is 15.8 Å². The zero-order valence-electron chi connectivity index (χ0n) is 17.9. The number of benzene rings is 2. The Morgan fingerprint density at radius 3 is 2.44 bits per heavy atom. The number of furan rings is 1. The fourth-order valence-corrected chi connectivity index (χ4v) is 4.83. The third-order valence-electron chi connectivity index (χ3n) is 5.61. The average molecular weight is 479 g/mol. The van der Waals surface area contributed by atoms with Crippen LogP contribution in [0.25, 0.3) is 17.4 Å². The maximum Gasteiger partial charge on any atom is 0.292 e. The summed E-state index contributed by atoms with van der Waals surface area (Å²) in [5.41, 5.74) is 1.42. The first-order chi connectivity index (χ1) is 16.5. The lowest BCUT2D eigenvalue weighted by molar-refractivity contribution is -0.384. The Bertz CT molecular complexity index is 1310. The number of carbonyl (C=O) groups excluding carboxylic acids is 1. The van der Waals surface area contributed by atoms with Crippen LogP contribution in [0.5, 0.6) is 0 Å². The summed E-state index contributed by atoms with van der Waals surface area (Å²) in [4.78, 5) is 32.1. The van der Waals surface area contributed by atoms with E-state index in [0.29, 0.717) is 53.5 Å². The van der Waals surface area contributed by atoms with E-state index in [-0.39, 0.29) is 22.3 Å². The fraction of sp³-hybridized carbons (Fsp3) is 0.167. The molecule has 0 N–H and O–H groups in total. The highest BCUT2D eigenvalue weighted by molar-refractivity contribution is 8.18. The number of aliphatic imine (C=N–C) groups is 1. The largest absolute Gasteiger partial charge is 0.457 e. The van der Waals surface area contributed by atoms with Gasteiger partial charge in [-0.25, -0.2) is 4.39 Å². The second kappa shape index (κ2) is 9.14. The Labute approximate surface area is 198 Å². The number of nitrogens with zero attached hydrogens (tertiary/aromatic N) is 4. The van der Waals surface area contributed by atoms with Gasteiger partial charge in [-0.15, -0.1) is 0 Å². The van der Waals surface area contributed by atoms with Crippen LogP contribution in [0.2, 0.25) is 0 Å². The van der Waals surface area contributed by atoms with Crippen LogP contribution in [0, 0.1) is 15.9 Å². The van der Waals surface area contributed by atoms with Gasteiger partial charge in [-0.05, 0) is 54.2 Å². The molecule has 34 heavy (non-hydrogen) atoms. The topological polar surface area (TPSA) is 92.2 Å². The van der Waals surface area contributed by atoms with Crippen molar-refractivity contribution in [1.82, 2.24) is 4.90 Å². The van der Waals surface area contributed by atoms with E-state index in [0.717, 1.165) is 5.56 Å². The average Bonchev–Trinajstić information content (AvgIpc) is 3.47. The quantitative estimate of drug-likeness (QED) is 0.303. The van der Waals surface area contributed by atoms with E-state index in [1.54, 1.807) is 48.5 Å². The van der Waals surface area contributed by atoms with Crippen LogP contribution >= 0.6 is 11.8 Å². The van der Waals surface area contributed by atoms with Gasteiger partial charge in [-0.1, -0.05) is 12.1 Å². The molecule has 1 aromatic heterocycles. The number of amidine groups is 1. The van der Waals surface area contributed by atoms with Gasteiger partial charge >= 0.3 is 0 Å². The lowest BCUT2D eigenvalue weighted by Gasteiger charge is -2.36.